The van der Waals surface area contributed by atoms with Crippen LogP contribution in [0.15, 0.2) is 76.7 Å². The van der Waals surface area contributed by atoms with Crippen molar-refractivity contribution in [3.8, 4) is 0 Å². The van der Waals surface area contributed by atoms with Crippen LogP contribution in [0.2, 0.25) is 0 Å². The second-order valence-electron chi connectivity index (χ2n) is 5.52. The minimum absolute atomic E-state index is 0.782. The highest BCUT2D eigenvalue weighted by Gasteiger charge is 2.06. The van der Waals surface area contributed by atoms with E-state index in [1.54, 1.807) is 11.8 Å². The number of nitrogens with zero attached hydrogens (tertiary/aromatic N) is 2. The van der Waals surface area contributed by atoms with Gasteiger partial charge in [-0.25, -0.2) is 4.98 Å². The van der Waals surface area contributed by atoms with Crippen LogP contribution in [0.3, 0.4) is 0 Å². The number of hydrogen-bond acceptors (Lipinski definition) is 4. The van der Waals surface area contributed by atoms with Crippen molar-refractivity contribution in [2.24, 2.45) is 0 Å². The van der Waals surface area contributed by atoms with Gasteiger partial charge in [0, 0.05) is 10.3 Å². The van der Waals surface area contributed by atoms with E-state index in [2.05, 4.69) is 51.7 Å². The topological polar surface area (TPSA) is 53.6 Å². The molecule has 2 heterocycles. The summed E-state index contributed by atoms with van der Waals surface area (Å²) < 4.78 is 0. The van der Waals surface area contributed by atoms with E-state index in [1.807, 2.05) is 42.5 Å². The van der Waals surface area contributed by atoms with E-state index >= 15 is 0 Å². The van der Waals surface area contributed by atoms with Crippen LogP contribution in [-0.4, -0.2) is 15.2 Å². The molecule has 5 heteroatoms. The van der Waals surface area contributed by atoms with E-state index < -0.39 is 0 Å². The summed E-state index contributed by atoms with van der Waals surface area (Å²) in [5.41, 5.74) is 2.25. The number of aromatic nitrogens is 3. The Morgan fingerprint density at radius 2 is 1.83 bits per heavy atom. The van der Waals surface area contributed by atoms with E-state index in [1.165, 1.54) is 10.5 Å². The molecule has 0 aliphatic carbocycles. The fourth-order valence-corrected chi connectivity index (χ4v) is 3.44. The molecule has 0 radical (unpaired) electrons. The van der Waals surface area contributed by atoms with Crippen molar-refractivity contribution < 1.29 is 0 Å². The van der Waals surface area contributed by atoms with Crippen molar-refractivity contribution >= 4 is 34.3 Å². The molecule has 0 aliphatic rings. The summed E-state index contributed by atoms with van der Waals surface area (Å²) in [6.45, 7) is 2.10. The lowest BCUT2D eigenvalue weighted by Crippen LogP contribution is -1.95. The number of anilines is 2. The van der Waals surface area contributed by atoms with Crippen molar-refractivity contribution in [2.45, 2.75) is 16.8 Å². The van der Waals surface area contributed by atoms with Crippen LogP contribution in [0.4, 0.5) is 11.6 Å². The first-order chi connectivity index (χ1) is 11.8. The first-order valence-corrected chi connectivity index (χ1v) is 8.51. The van der Waals surface area contributed by atoms with Crippen LogP contribution in [-0.2, 0) is 0 Å². The van der Waals surface area contributed by atoms with Crippen molar-refractivity contribution in [3.05, 3.63) is 72.3 Å². The van der Waals surface area contributed by atoms with Crippen LogP contribution in [0.1, 0.15) is 5.56 Å². The molecular formula is C19H16N4S. The monoisotopic (exact) mass is 332 g/mol. The summed E-state index contributed by atoms with van der Waals surface area (Å²) in [7, 11) is 0. The molecule has 0 atom stereocenters. The van der Waals surface area contributed by atoms with Crippen molar-refractivity contribution in [2.75, 3.05) is 5.32 Å². The van der Waals surface area contributed by atoms with Gasteiger partial charge in [0.05, 0.1) is 5.52 Å². The summed E-state index contributed by atoms with van der Waals surface area (Å²) >= 11 is 1.65. The molecule has 24 heavy (non-hydrogen) atoms. The molecular weight excluding hydrogens is 316 g/mol. The standard InChI is InChI=1S/C19H16N4S/c1-13-6-4-7-14(12-13)24-18-11-5-10-17(20-18)21-19-15-8-2-3-9-16(15)22-23-19/h2-12H,1H3,(H2,20,21,22,23). The largest absolute Gasteiger partial charge is 0.323 e. The fourth-order valence-electron chi connectivity index (χ4n) is 2.52. The number of para-hydroxylation sites is 1. The number of H-pyrrole nitrogens is 1. The minimum Gasteiger partial charge on any atom is -0.323 e. The maximum Gasteiger partial charge on any atom is 0.161 e. The van der Waals surface area contributed by atoms with Gasteiger partial charge in [0.1, 0.15) is 10.8 Å². The first-order valence-electron chi connectivity index (χ1n) is 7.70. The first kappa shape index (κ1) is 14.8. The van der Waals surface area contributed by atoms with Crippen molar-refractivity contribution in [3.63, 3.8) is 0 Å². The fraction of sp³-hybridized carbons (Fsp3) is 0.0526. The molecule has 2 N–H and O–H groups in total. The van der Waals surface area contributed by atoms with E-state index in [0.717, 1.165) is 27.6 Å². The number of nitrogens with one attached hydrogen (secondary N) is 2. The quantitative estimate of drug-likeness (QED) is 0.542. The van der Waals surface area contributed by atoms with E-state index in [-0.39, 0.29) is 0 Å². The molecule has 2 aromatic heterocycles. The Bertz CT molecular complexity index is 993. The Labute approximate surface area is 144 Å². The molecule has 0 unspecified atom stereocenters. The number of benzene rings is 2. The number of pyridine rings is 1. The van der Waals surface area contributed by atoms with Crippen LogP contribution in [0.25, 0.3) is 10.9 Å². The van der Waals surface area contributed by atoms with Gasteiger partial charge in [-0.05, 0) is 43.3 Å². The number of hydrogen-bond donors (Lipinski definition) is 2. The Morgan fingerprint density at radius 3 is 2.75 bits per heavy atom. The normalized spacial score (nSPS) is 10.9. The third-order valence-electron chi connectivity index (χ3n) is 3.65. The molecule has 4 nitrogen and oxygen atoms in total. The molecule has 0 spiro atoms. The summed E-state index contributed by atoms with van der Waals surface area (Å²) in [5, 5.41) is 12.7. The number of rotatable bonds is 4. The molecule has 0 saturated heterocycles. The zero-order valence-corrected chi connectivity index (χ0v) is 14.0. The maximum absolute atomic E-state index is 4.68. The second kappa shape index (κ2) is 6.37. The highest BCUT2D eigenvalue weighted by atomic mass is 32.2. The lowest BCUT2D eigenvalue weighted by Gasteiger charge is -2.06. The maximum atomic E-state index is 4.68. The molecule has 2 aromatic carbocycles. The van der Waals surface area contributed by atoms with Gasteiger partial charge in [-0.3, -0.25) is 5.10 Å². The summed E-state index contributed by atoms with van der Waals surface area (Å²) in [6.07, 6.45) is 0. The van der Waals surface area contributed by atoms with Gasteiger partial charge in [0.2, 0.25) is 0 Å². The average molecular weight is 332 g/mol. The minimum atomic E-state index is 0.782. The van der Waals surface area contributed by atoms with Gasteiger partial charge in [-0.15, -0.1) is 0 Å². The summed E-state index contributed by atoms with van der Waals surface area (Å²) in [5.74, 6) is 1.57. The van der Waals surface area contributed by atoms with Gasteiger partial charge < -0.3 is 5.32 Å². The molecule has 4 aromatic rings. The summed E-state index contributed by atoms with van der Waals surface area (Å²) in [4.78, 5) is 5.86. The zero-order valence-electron chi connectivity index (χ0n) is 13.2. The Balaban J connectivity index is 1.58. The second-order valence-corrected chi connectivity index (χ2v) is 6.62. The van der Waals surface area contributed by atoms with Gasteiger partial charge in [0.15, 0.2) is 5.82 Å². The molecule has 118 valence electrons. The van der Waals surface area contributed by atoms with Crippen LogP contribution < -0.4 is 5.32 Å². The highest BCUT2D eigenvalue weighted by Crippen LogP contribution is 2.28. The average Bonchev–Trinajstić information content (AvgIpc) is 2.99. The lowest BCUT2D eigenvalue weighted by molar-refractivity contribution is 1.09. The van der Waals surface area contributed by atoms with Crippen LogP contribution >= 0.6 is 11.8 Å². The summed E-state index contributed by atoms with van der Waals surface area (Å²) in [6, 6.07) is 22.4. The Morgan fingerprint density at radius 1 is 0.958 bits per heavy atom. The third-order valence-corrected chi connectivity index (χ3v) is 4.58. The van der Waals surface area contributed by atoms with E-state index in [9.17, 15) is 0 Å². The number of fused-ring (bicyclic) bond motifs is 1. The molecule has 0 aliphatic heterocycles. The van der Waals surface area contributed by atoms with Crippen molar-refractivity contribution in [1.29, 1.82) is 0 Å². The van der Waals surface area contributed by atoms with Gasteiger partial charge >= 0.3 is 0 Å². The van der Waals surface area contributed by atoms with Crippen LogP contribution in [0, 0.1) is 6.92 Å². The van der Waals surface area contributed by atoms with E-state index in [0.29, 0.717) is 0 Å². The number of aryl methyl sites for hydroxylation is 1. The zero-order chi connectivity index (χ0) is 16.4. The Hall–Kier alpha value is -2.79. The van der Waals surface area contributed by atoms with Gasteiger partial charge in [-0.1, -0.05) is 47.7 Å². The molecule has 4 rings (SSSR count). The molecule has 0 saturated carbocycles. The molecule has 0 bridgehead atoms. The highest BCUT2D eigenvalue weighted by molar-refractivity contribution is 7.99. The third kappa shape index (κ3) is 3.12. The lowest BCUT2D eigenvalue weighted by atomic mass is 10.2. The van der Waals surface area contributed by atoms with Crippen molar-refractivity contribution in [1.82, 2.24) is 15.2 Å². The predicted molar refractivity (Wildman–Crippen MR) is 98.9 cm³/mol. The molecule has 0 fully saturated rings. The van der Waals surface area contributed by atoms with Crippen LogP contribution in [0.5, 0.6) is 0 Å². The number of aromatic amines is 1. The van der Waals surface area contributed by atoms with E-state index in [4.69, 9.17) is 0 Å². The Kier molecular flexibility index (Phi) is 3.92. The molecule has 0 amide bonds. The smallest absolute Gasteiger partial charge is 0.161 e. The van der Waals surface area contributed by atoms with Gasteiger partial charge in [0.25, 0.3) is 0 Å². The van der Waals surface area contributed by atoms with Gasteiger partial charge in [-0.2, -0.15) is 5.10 Å². The predicted octanol–water partition coefficient (Wildman–Crippen LogP) is 5.16. The SMILES string of the molecule is Cc1cccc(Sc2cccc(Nc3n[nH]c4ccccc34)n2)c1.